The molecule has 78 valence electrons. The quantitative estimate of drug-likeness (QED) is 0.772. The maximum Gasteiger partial charge on any atom is 0.135 e. The lowest BCUT2D eigenvalue weighted by atomic mass is 10.1. The normalized spacial score (nSPS) is 12.6. The number of aliphatic hydroxyl groups excluding tert-OH is 2. The Bertz CT molecular complexity index is 328. The maximum absolute atomic E-state index is 13.1. The molecule has 0 heterocycles. The van der Waals surface area contributed by atoms with Crippen molar-refractivity contribution in [2.24, 2.45) is 0 Å². The highest BCUT2D eigenvalue weighted by atomic mass is 19.1. The molecule has 0 fully saturated rings. The van der Waals surface area contributed by atoms with Gasteiger partial charge in [-0.1, -0.05) is 0 Å². The highest BCUT2D eigenvalue weighted by Gasteiger charge is 2.18. The van der Waals surface area contributed by atoms with E-state index in [4.69, 9.17) is 5.11 Å². The fourth-order valence-corrected chi connectivity index (χ4v) is 1.14. The number of methoxy groups -OCH3 is 1. The molecule has 0 aliphatic rings. The van der Waals surface area contributed by atoms with Gasteiger partial charge >= 0.3 is 0 Å². The maximum atomic E-state index is 13.1. The lowest BCUT2D eigenvalue weighted by molar-refractivity contribution is 0.0900. The van der Waals surface area contributed by atoms with Crippen LogP contribution in [0.15, 0.2) is 12.1 Å². The lowest BCUT2D eigenvalue weighted by Gasteiger charge is -2.13. The van der Waals surface area contributed by atoms with E-state index in [-0.39, 0.29) is 11.3 Å². The van der Waals surface area contributed by atoms with Gasteiger partial charge in [0, 0.05) is 12.1 Å². The van der Waals surface area contributed by atoms with E-state index in [9.17, 15) is 13.9 Å². The van der Waals surface area contributed by atoms with Gasteiger partial charge < -0.3 is 14.9 Å². The van der Waals surface area contributed by atoms with E-state index in [0.717, 1.165) is 6.07 Å². The molecule has 0 aliphatic carbocycles. The molecule has 0 aromatic heterocycles. The molecule has 1 aromatic rings. The predicted octanol–water partition coefficient (Wildman–Crippen LogP) is 0.999. The molecule has 0 aliphatic heterocycles. The number of aliphatic hydroxyl groups is 2. The third-order valence-electron chi connectivity index (χ3n) is 1.78. The lowest BCUT2D eigenvalue weighted by Crippen LogP contribution is -2.08. The molecule has 1 rings (SSSR count). The van der Waals surface area contributed by atoms with Crippen molar-refractivity contribution < 1.29 is 23.7 Å². The zero-order valence-corrected chi connectivity index (χ0v) is 7.50. The average Bonchev–Trinajstić information content (AvgIpc) is 2.15. The van der Waals surface area contributed by atoms with Crippen LogP contribution < -0.4 is 4.74 Å². The molecule has 1 aromatic carbocycles. The van der Waals surface area contributed by atoms with Gasteiger partial charge in [0.25, 0.3) is 0 Å². The molecule has 1 unspecified atom stereocenters. The van der Waals surface area contributed by atoms with Crippen molar-refractivity contribution in [3.05, 3.63) is 29.3 Å². The van der Waals surface area contributed by atoms with Crippen LogP contribution in [0.25, 0.3) is 0 Å². The summed E-state index contributed by atoms with van der Waals surface area (Å²) in [6.07, 6.45) is -1.41. The monoisotopic (exact) mass is 204 g/mol. The summed E-state index contributed by atoms with van der Waals surface area (Å²) in [5, 5.41) is 17.9. The number of hydrogen-bond donors (Lipinski definition) is 2. The largest absolute Gasteiger partial charge is 0.496 e. The Balaban J connectivity index is 3.24. The summed E-state index contributed by atoms with van der Waals surface area (Å²) in [7, 11) is 1.22. The third-order valence-corrected chi connectivity index (χ3v) is 1.78. The summed E-state index contributed by atoms with van der Waals surface area (Å²) in [6, 6.07) is 1.56. The minimum absolute atomic E-state index is 0.121. The Morgan fingerprint density at radius 3 is 2.57 bits per heavy atom. The van der Waals surface area contributed by atoms with Gasteiger partial charge in [-0.25, -0.2) is 8.78 Å². The molecule has 0 spiro atoms. The van der Waals surface area contributed by atoms with Crippen LogP contribution in [0.4, 0.5) is 8.78 Å². The molecule has 0 saturated heterocycles. The molecule has 0 amide bonds. The summed E-state index contributed by atoms with van der Waals surface area (Å²) in [6.45, 7) is -0.654. The highest BCUT2D eigenvalue weighted by Crippen LogP contribution is 2.28. The second kappa shape index (κ2) is 4.34. The Morgan fingerprint density at radius 2 is 2.07 bits per heavy atom. The minimum Gasteiger partial charge on any atom is -0.496 e. The zero-order valence-electron chi connectivity index (χ0n) is 7.50. The molecule has 0 bridgehead atoms. The Kier molecular flexibility index (Phi) is 3.38. The van der Waals surface area contributed by atoms with Crippen molar-refractivity contribution in [1.82, 2.24) is 0 Å². The van der Waals surface area contributed by atoms with Crippen molar-refractivity contribution in [3.8, 4) is 5.75 Å². The first-order valence-corrected chi connectivity index (χ1v) is 3.92. The van der Waals surface area contributed by atoms with E-state index in [0.29, 0.717) is 6.07 Å². The van der Waals surface area contributed by atoms with Gasteiger partial charge in [-0.3, -0.25) is 0 Å². The zero-order chi connectivity index (χ0) is 10.7. The Morgan fingerprint density at radius 1 is 1.43 bits per heavy atom. The van der Waals surface area contributed by atoms with Gasteiger partial charge in [0.1, 0.15) is 23.5 Å². The highest BCUT2D eigenvalue weighted by molar-refractivity contribution is 5.37. The van der Waals surface area contributed by atoms with Gasteiger partial charge in [-0.05, 0) is 0 Å². The van der Waals surface area contributed by atoms with Crippen LogP contribution in [0, 0.1) is 11.6 Å². The molecule has 3 nitrogen and oxygen atoms in total. The van der Waals surface area contributed by atoms with Crippen LogP contribution in [0.1, 0.15) is 11.7 Å². The van der Waals surface area contributed by atoms with Crippen molar-refractivity contribution >= 4 is 0 Å². The number of hydrogen-bond acceptors (Lipinski definition) is 3. The van der Waals surface area contributed by atoms with Gasteiger partial charge in [0.2, 0.25) is 0 Å². The van der Waals surface area contributed by atoms with E-state index in [1.807, 2.05) is 0 Å². The fraction of sp³-hybridized carbons (Fsp3) is 0.333. The smallest absolute Gasteiger partial charge is 0.135 e. The minimum atomic E-state index is -1.41. The number of ether oxygens (including phenoxy) is 1. The summed E-state index contributed by atoms with van der Waals surface area (Å²) in [4.78, 5) is 0. The molecule has 0 saturated carbocycles. The van der Waals surface area contributed by atoms with Gasteiger partial charge in [-0.2, -0.15) is 0 Å². The summed E-state index contributed by atoms with van der Waals surface area (Å²) in [5.41, 5.74) is -0.239. The standard InChI is InChI=1S/C9H10F2O3/c1-14-8-3-5(10)2-6(11)9(8)7(13)4-12/h2-3,7,12-13H,4H2,1H3. The van der Waals surface area contributed by atoms with E-state index in [2.05, 4.69) is 4.74 Å². The topological polar surface area (TPSA) is 49.7 Å². The molecule has 2 N–H and O–H groups in total. The van der Waals surface area contributed by atoms with Crippen molar-refractivity contribution in [3.63, 3.8) is 0 Å². The van der Waals surface area contributed by atoms with Crippen molar-refractivity contribution in [2.75, 3.05) is 13.7 Å². The molecule has 14 heavy (non-hydrogen) atoms. The van der Waals surface area contributed by atoms with Crippen molar-refractivity contribution in [1.29, 1.82) is 0 Å². The van der Waals surface area contributed by atoms with Crippen LogP contribution in [0.5, 0.6) is 5.75 Å². The molecular weight excluding hydrogens is 194 g/mol. The molecule has 1 atom stereocenters. The number of rotatable bonds is 3. The Labute approximate surface area is 79.6 Å². The molecule has 5 heteroatoms. The second-order valence-corrected chi connectivity index (χ2v) is 2.70. The first-order valence-electron chi connectivity index (χ1n) is 3.92. The number of benzene rings is 1. The number of halogens is 2. The van der Waals surface area contributed by atoms with Crippen molar-refractivity contribution in [2.45, 2.75) is 6.10 Å². The van der Waals surface area contributed by atoms with Crippen LogP contribution in [-0.2, 0) is 0 Å². The predicted molar refractivity (Wildman–Crippen MR) is 45.0 cm³/mol. The van der Waals surface area contributed by atoms with Gasteiger partial charge in [-0.15, -0.1) is 0 Å². The third kappa shape index (κ3) is 2.00. The summed E-state index contributed by atoms with van der Waals surface area (Å²) in [5.74, 6) is -1.86. The average molecular weight is 204 g/mol. The second-order valence-electron chi connectivity index (χ2n) is 2.70. The fourth-order valence-electron chi connectivity index (χ4n) is 1.14. The van der Waals surface area contributed by atoms with E-state index < -0.39 is 24.3 Å². The van der Waals surface area contributed by atoms with Gasteiger partial charge in [0.05, 0.1) is 19.3 Å². The summed E-state index contributed by atoms with van der Waals surface area (Å²) < 4.78 is 30.5. The van der Waals surface area contributed by atoms with Crippen LogP contribution in [0.2, 0.25) is 0 Å². The van der Waals surface area contributed by atoms with E-state index in [1.54, 1.807) is 0 Å². The first kappa shape index (κ1) is 10.9. The van der Waals surface area contributed by atoms with E-state index in [1.165, 1.54) is 7.11 Å². The first-order chi connectivity index (χ1) is 6.60. The molecule has 0 radical (unpaired) electrons. The molecular formula is C9H10F2O3. The Hall–Kier alpha value is -1.20. The SMILES string of the molecule is COc1cc(F)cc(F)c1C(O)CO. The van der Waals surface area contributed by atoms with Crippen LogP contribution in [0.3, 0.4) is 0 Å². The summed E-state index contributed by atoms with van der Waals surface area (Å²) >= 11 is 0. The van der Waals surface area contributed by atoms with Crippen LogP contribution >= 0.6 is 0 Å². The van der Waals surface area contributed by atoms with Gasteiger partial charge in [0.15, 0.2) is 0 Å². The van der Waals surface area contributed by atoms with E-state index >= 15 is 0 Å². The van der Waals surface area contributed by atoms with Crippen LogP contribution in [-0.4, -0.2) is 23.9 Å².